The predicted molar refractivity (Wildman–Crippen MR) is 89.8 cm³/mol. The van der Waals surface area contributed by atoms with Crippen LogP contribution in [0.25, 0.3) is 0 Å². The standard InChI is InChI=1S/C16H26N2O2.ClH/c1-2-3-12-20-13-6-11-18-16(19)10-9-14-7-4-5-8-15(14)17;/h4-5,7-8H,2-3,6,9-13,17H2,1H3,(H,18,19);1H. The first-order valence-corrected chi connectivity index (χ1v) is 7.42. The van der Waals surface area contributed by atoms with Gasteiger partial charge in [0.2, 0.25) is 5.91 Å². The molecule has 1 rings (SSSR count). The lowest BCUT2D eigenvalue weighted by molar-refractivity contribution is -0.121. The highest BCUT2D eigenvalue weighted by Crippen LogP contribution is 2.12. The smallest absolute Gasteiger partial charge is 0.220 e. The number of amides is 1. The van der Waals surface area contributed by atoms with E-state index in [0.29, 0.717) is 26.0 Å². The summed E-state index contributed by atoms with van der Waals surface area (Å²) >= 11 is 0. The molecule has 0 heterocycles. The van der Waals surface area contributed by atoms with Gasteiger partial charge < -0.3 is 15.8 Å². The zero-order valence-corrected chi connectivity index (χ0v) is 13.6. The van der Waals surface area contributed by atoms with Crippen molar-refractivity contribution in [1.82, 2.24) is 5.32 Å². The van der Waals surface area contributed by atoms with Crippen molar-refractivity contribution >= 4 is 24.0 Å². The molecule has 0 fully saturated rings. The highest BCUT2D eigenvalue weighted by atomic mass is 35.5. The fourth-order valence-corrected chi connectivity index (χ4v) is 1.85. The monoisotopic (exact) mass is 314 g/mol. The summed E-state index contributed by atoms with van der Waals surface area (Å²) in [7, 11) is 0. The molecular weight excluding hydrogens is 288 g/mol. The van der Waals surface area contributed by atoms with Gasteiger partial charge in [0, 0.05) is 31.9 Å². The third kappa shape index (κ3) is 9.32. The summed E-state index contributed by atoms with van der Waals surface area (Å²) in [5.41, 5.74) is 7.63. The molecule has 0 saturated heterocycles. The van der Waals surface area contributed by atoms with E-state index in [2.05, 4.69) is 12.2 Å². The number of carbonyl (C=O) groups excluding carboxylic acids is 1. The second-order valence-electron chi connectivity index (χ2n) is 4.87. The van der Waals surface area contributed by atoms with Crippen molar-refractivity contribution in [3.8, 4) is 0 Å². The van der Waals surface area contributed by atoms with Crippen LogP contribution in [0.15, 0.2) is 24.3 Å². The Morgan fingerprint density at radius 3 is 2.67 bits per heavy atom. The lowest BCUT2D eigenvalue weighted by Gasteiger charge is -2.07. The molecule has 0 spiro atoms. The van der Waals surface area contributed by atoms with Gasteiger partial charge in [-0.3, -0.25) is 4.79 Å². The quantitative estimate of drug-likeness (QED) is 0.515. The largest absolute Gasteiger partial charge is 0.399 e. The van der Waals surface area contributed by atoms with E-state index >= 15 is 0 Å². The Kier molecular flexibility index (Phi) is 11.7. The van der Waals surface area contributed by atoms with Crippen molar-refractivity contribution in [1.29, 1.82) is 0 Å². The number of para-hydroxylation sites is 1. The lowest BCUT2D eigenvalue weighted by Crippen LogP contribution is -2.25. The van der Waals surface area contributed by atoms with Gasteiger partial charge in [0.05, 0.1) is 0 Å². The number of anilines is 1. The first kappa shape index (κ1) is 19.7. The van der Waals surface area contributed by atoms with Crippen LogP contribution in [0.1, 0.15) is 38.2 Å². The van der Waals surface area contributed by atoms with E-state index in [0.717, 1.165) is 37.1 Å². The number of halogens is 1. The van der Waals surface area contributed by atoms with E-state index < -0.39 is 0 Å². The Morgan fingerprint density at radius 1 is 1.24 bits per heavy atom. The molecule has 21 heavy (non-hydrogen) atoms. The lowest BCUT2D eigenvalue weighted by atomic mass is 10.1. The first-order chi connectivity index (χ1) is 9.74. The number of aryl methyl sites for hydroxylation is 1. The minimum Gasteiger partial charge on any atom is -0.399 e. The molecule has 0 bridgehead atoms. The topological polar surface area (TPSA) is 64.3 Å². The fourth-order valence-electron chi connectivity index (χ4n) is 1.85. The minimum absolute atomic E-state index is 0. The third-order valence-corrected chi connectivity index (χ3v) is 3.11. The maximum absolute atomic E-state index is 11.7. The average Bonchev–Trinajstić information content (AvgIpc) is 2.45. The van der Waals surface area contributed by atoms with Crippen molar-refractivity contribution in [2.75, 3.05) is 25.5 Å². The van der Waals surface area contributed by atoms with Crippen LogP contribution in [-0.4, -0.2) is 25.7 Å². The van der Waals surface area contributed by atoms with Gasteiger partial charge in [-0.25, -0.2) is 0 Å². The zero-order chi connectivity index (χ0) is 14.6. The Hall–Kier alpha value is -1.26. The number of nitrogen functional groups attached to an aromatic ring is 1. The molecule has 0 aliphatic heterocycles. The molecule has 1 aromatic carbocycles. The van der Waals surface area contributed by atoms with Gasteiger partial charge in [-0.05, 0) is 30.9 Å². The zero-order valence-electron chi connectivity index (χ0n) is 12.8. The highest BCUT2D eigenvalue weighted by molar-refractivity contribution is 5.85. The average molecular weight is 315 g/mol. The maximum Gasteiger partial charge on any atom is 0.220 e. The SMILES string of the molecule is CCCCOCCCNC(=O)CCc1ccccc1N.Cl. The van der Waals surface area contributed by atoms with Gasteiger partial charge in [0.15, 0.2) is 0 Å². The molecule has 4 nitrogen and oxygen atoms in total. The Bertz CT molecular complexity index is 400. The second-order valence-corrected chi connectivity index (χ2v) is 4.87. The fraction of sp³-hybridized carbons (Fsp3) is 0.562. The van der Waals surface area contributed by atoms with Gasteiger partial charge in [0.25, 0.3) is 0 Å². The molecular formula is C16H27ClN2O2. The normalized spacial score (nSPS) is 9.95. The van der Waals surface area contributed by atoms with E-state index in [4.69, 9.17) is 10.5 Å². The number of hydrogen-bond acceptors (Lipinski definition) is 3. The molecule has 3 N–H and O–H groups in total. The van der Waals surface area contributed by atoms with E-state index in [9.17, 15) is 4.79 Å². The van der Waals surface area contributed by atoms with E-state index in [1.54, 1.807) is 0 Å². The molecule has 1 aromatic rings. The summed E-state index contributed by atoms with van der Waals surface area (Å²) in [5, 5.41) is 2.90. The first-order valence-electron chi connectivity index (χ1n) is 7.42. The highest BCUT2D eigenvalue weighted by Gasteiger charge is 2.03. The minimum atomic E-state index is 0. The summed E-state index contributed by atoms with van der Waals surface area (Å²) in [5.74, 6) is 0.0711. The molecule has 120 valence electrons. The van der Waals surface area contributed by atoms with Gasteiger partial charge in [-0.1, -0.05) is 31.5 Å². The number of benzene rings is 1. The third-order valence-electron chi connectivity index (χ3n) is 3.11. The number of rotatable bonds is 10. The van der Waals surface area contributed by atoms with Crippen molar-refractivity contribution in [2.45, 2.75) is 39.0 Å². The second kappa shape index (κ2) is 12.5. The van der Waals surface area contributed by atoms with Gasteiger partial charge in [-0.15, -0.1) is 12.4 Å². The van der Waals surface area contributed by atoms with E-state index in [-0.39, 0.29) is 18.3 Å². The van der Waals surface area contributed by atoms with Crippen molar-refractivity contribution in [3.63, 3.8) is 0 Å². The van der Waals surface area contributed by atoms with Crippen molar-refractivity contribution < 1.29 is 9.53 Å². The summed E-state index contributed by atoms with van der Waals surface area (Å²) in [6.07, 6.45) is 4.28. The molecule has 0 aliphatic rings. The predicted octanol–water partition coefficient (Wildman–Crippen LogP) is 2.95. The summed E-state index contributed by atoms with van der Waals surface area (Å²) in [4.78, 5) is 11.7. The number of unbranched alkanes of at least 4 members (excludes halogenated alkanes) is 1. The molecule has 0 aromatic heterocycles. The van der Waals surface area contributed by atoms with Gasteiger partial charge in [-0.2, -0.15) is 0 Å². The number of hydrogen-bond donors (Lipinski definition) is 2. The van der Waals surface area contributed by atoms with Crippen molar-refractivity contribution in [3.05, 3.63) is 29.8 Å². The molecule has 0 aliphatic carbocycles. The molecule has 5 heteroatoms. The summed E-state index contributed by atoms with van der Waals surface area (Å²) < 4.78 is 5.43. The van der Waals surface area contributed by atoms with Crippen LogP contribution in [0, 0.1) is 0 Å². The van der Waals surface area contributed by atoms with Crippen LogP contribution in [0.3, 0.4) is 0 Å². The Balaban J connectivity index is 0.00000400. The number of nitrogens with one attached hydrogen (secondary N) is 1. The van der Waals surface area contributed by atoms with Crippen LogP contribution in [-0.2, 0) is 16.0 Å². The molecule has 0 atom stereocenters. The molecule has 0 saturated carbocycles. The Morgan fingerprint density at radius 2 is 1.95 bits per heavy atom. The maximum atomic E-state index is 11.7. The van der Waals surface area contributed by atoms with Gasteiger partial charge >= 0.3 is 0 Å². The van der Waals surface area contributed by atoms with Crippen LogP contribution in [0.5, 0.6) is 0 Å². The number of nitrogens with two attached hydrogens (primary N) is 1. The van der Waals surface area contributed by atoms with Crippen LogP contribution in [0.2, 0.25) is 0 Å². The summed E-state index contributed by atoms with van der Waals surface area (Å²) in [6.45, 7) is 4.35. The van der Waals surface area contributed by atoms with Crippen molar-refractivity contribution in [2.24, 2.45) is 0 Å². The van der Waals surface area contributed by atoms with Crippen LogP contribution >= 0.6 is 12.4 Å². The molecule has 1 amide bonds. The van der Waals surface area contributed by atoms with E-state index in [1.165, 1.54) is 0 Å². The van der Waals surface area contributed by atoms with Crippen LogP contribution < -0.4 is 11.1 Å². The number of ether oxygens (including phenoxy) is 1. The van der Waals surface area contributed by atoms with Gasteiger partial charge in [0.1, 0.15) is 0 Å². The summed E-state index contributed by atoms with van der Waals surface area (Å²) in [6, 6.07) is 7.67. The molecule has 0 unspecified atom stereocenters. The Labute approximate surface area is 133 Å². The van der Waals surface area contributed by atoms with E-state index in [1.807, 2.05) is 24.3 Å². The molecule has 0 radical (unpaired) electrons. The van der Waals surface area contributed by atoms with Crippen LogP contribution in [0.4, 0.5) is 5.69 Å². The number of carbonyl (C=O) groups is 1.